The Morgan fingerprint density at radius 2 is 1.83 bits per heavy atom. The van der Waals surface area contributed by atoms with Crippen LogP contribution in [0.25, 0.3) is 0 Å². The SMILES string of the molecule is O=C(O)CCCOc1ccc(S(=O)(=O)N2CCN(Cc3ccncc3)CC2)cc1F. The lowest BCUT2D eigenvalue weighted by Crippen LogP contribution is -2.48. The van der Waals surface area contributed by atoms with Crippen LogP contribution in [0.3, 0.4) is 0 Å². The van der Waals surface area contributed by atoms with E-state index < -0.39 is 21.8 Å². The van der Waals surface area contributed by atoms with Crippen molar-refractivity contribution in [3.8, 4) is 5.75 Å². The van der Waals surface area contributed by atoms with Gasteiger partial charge in [0.15, 0.2) is 11.6 Å². The summed E-state index contributed by atoms with van der Waals surface area (Å²) >= 11 is 0. The number of hydrogen-bond donors (Lipinski definition) is 1. The first-order chi connectivity index (χ1) is 14.4. The van der Waals surface area contributed by atoms with Crippen molar-refractivity contribution in [2.24, 2.45) is 0 Å². The molecule has 8 nitrogen and oxygen atoms in total. The predicted molar refractivity (Wildman–Crippen MR) is 107 cm³/mol. The molecule has 1 saturated heterocycles. The molecule has 0 saturated carbocycles. The maximum Gasteiger partial charge on any atom is 0.303 e. The number of piperazine rings is 1. The van der Waals surface area contributed by atoms with Crippen molar-refractivity contribution in [3.05, 3.63) is 54.1 Å². The lowest BCUT2D eigenvalue weighted by Gasteiger charge is -2.34. The summed E-state index contributed by atoms with van der Waals surface area (Å²) < 4.78 is 46.6. The quantitative estimate of drug-likeness (QED) is 0.599. The normalized spacial score (nSPS) is 15.8. The second-order valence-electron chi connectivity index (χ2n) is 6.97. The zero-order chi connectivity index (χ0) is 21.6. The molecule has 1 aromatic heterocycles. The Labute approximate surface area is 175 Å². The van der Waals surface area contributed by atoms with E-state index in [-0.39, 0.29) is 30.1 Å². The van der Waals surface area contributed by atoms with Crippen LogP contribution in [0.2, 0.25) is 0 Å². The van der Waals surface area contributed by atoms with Crippen LogP contribution in [0.15, 0.2) is 47.6 Å². The summed E-state index contributed by atoms with van der Waals surface area (Å²) in [5.41, 5.74) is 1.11. The van der Waals surface area contributed by atoms with Crippen LogP contribution in [0.5, 0.6) is 5.75 Å². The minimum Gasteiger partial charge on any atom is -0.491 e. The van der Waals surface area contributed by atoms with Crippen molar-refractivity contribution in [1.29, 1.82) is 0 Å². The first kappa shape index (κ1) is 22.1. The molecule has 1 aliphatic rings. The van der Waals surface area contributed by atoms with E-state index in [1.165, 1.54) is 16.4 Å². The van der Waals surface area contributed by atoms with Gasteiger partial charge in [0, 0.05) is 51.5 Å². The molecule has 0 radical (unpaired) electrons. The minimum atomic E-state index is -3.81. The lowest BCUT2D eigenvalue weighted by atomic mass is 10.2. The lowest BCUT2D eigenvalue weighted by molar-refractivity contribution is -0.137. The largest absolute Gasteiger partial charge is 0.491 e. The zero-order valence-corrected chi connectivity index (χ0v) is 17.2. The van der Waals surface area contributed by atoms with Crippen molar-refractivity contribution >= 4 is 16.0 Å². The van der Waals surface area contributed by atoms with Crippen molar-refractivity contribution in [1.82, 2.24) is 14.2 Å². The van der Waals surface area contributed by atoms with Gasteiger partial charge in [0.2, 0.25) is 10.0 Å². The number of benzene rings is 1. The van der Waals surface area contributed by atoms with Gasteiger partial charge in [-0.05, 0) is 42.3 Å². The van der Waals surface area contributed by atoms with E-state index in [9.17, 15) is 17.6 Å². The average Bonchev–Trinajstić information content (AvgIpc) is 2.73. The van der Waals surface area contributed by atoms with Gasteiger partial charge < -0.3 is 9.84 Å². The molecule has 10 heteroatoms. The fourth-order valence-electron chi connectivity index (χ4n) is 3.19. The van der Waals surface area contributed by atoms with E-state index in [0.717, 1.165) is 18.2 Å². The van der Waals surface area contributed by atoms with E-state index in [1.54, 1.807) is 12.4 Å². The highest BCUT2D eigenvalue weighted by Crippen LogP contribution is 2.24. The van der Waals surface area contributed by atoms with Crippen molar-refractivity contribution in [2.75, 3.05) is 32.8 Å². The third-order valence-corrected chi connectivity index (χ3v) is 6.72. The summed E-state index contributed by atoms with van der Waals surface area (Å²) in [6.07, 6.45) is 3.61. The Bertz CT molecular complexity index is 964. The molecule has 1 aromatic carbocycles. The number of carbonyl (C=O) groups is 1. The molecule has 0 aliphatic carbocycles. The fourth-order valence-corrected chi connectivity index (χ4v) is 4.62. The summed E-state index contributed by atoms with van der Waals surface area (Å²) in [4.78, 5) is 16.5. The minimum absolute atomic E-state index is 0.0365. The Morgan fingerprint density at radius 1 is 1.13 bits per heavy atom. The van der Waals surface area contributed by atoms with Crippen molar-refractivity contribution in [2.45, 2.75) is 24.3 Å². The summed E-state index contributed by atoms with van der Waals surface area (Å²) in [5.74, 6) is -1.84. The maximum absolute atomic E-state index is 14.3. The van der Waals surface area contributed by atoms with Gasteiger partial charge in [-0.1, -0.05) is 0 Å². The number of rotatable bonds is 9. The summed E-state index contributed by atoms with van der Waals surface area (Å²) in [5, 5.41) is 8.60. The van der Waals surface area contributed by atoms with Crippen LogP contribution in [-0.4, -0.2) is 66.5 Å². The number of aliphatic carboxylic acids is 1. The first-order valence-corrected chi connectivity index (χ1v) is 11.1. The van der Waals surface area contributed by atoms with E-state index in [2.05, 4.69) is 9.88 Å². The van der Waals surface area contributed by atoms with Gasteiger partial charge >= 0.3 is 5.97 Å². The summed E-state index contributed by atoms with van der Waals surface area (Å²) in [6, 6.07) is 7.39. The molecule has 1 fully saturated rings. The molecule has 0 atom stereocenters. The molecule has 1 aliphatic heterocycles. The van der Waals surface area contributed by atoms with Gasteiger partial charge in [-0.3, -0.25) is 14.7 Å². The highest BCUT2D eigenvalue weighted by atomic mass is 32.2. The molecule has 162 valence electrons. The molecule has 0 unspecified atom stereocenters. The Morgan fingerprint density at radius 3 is 2.47 bits per heavy atom. The van der Waals surface area contributed by atoms with Crippen LogP contribution in [0.4, 0.5) is 4.39 Å². The predicted octanol–water partition coefficient (Wildman–Crippen LogP) is 1.97. The molecule has 0 bridgehead atoms. The fraction of sp³-hybridized carbons (Fsp3) is 0.400. The molecule has 0 spiro atoms. The number of halogens is 1. The molecular weight excluding hydrogens is 413 g/mol. The number of ether oxygens (including phenoxy) is 1. The molecule has 2 heterocycles. The van der Waals surface area contributed by atoms with Gasteiger partial charge in [0.25, 0.3) is 0 Å². The van der Waals surface area contributed by atoms with E-state index in [0.29, 0.717) is 26.2 Å². The van der Waals surface area contributed by atoms with Crippen LogP contribution in [0.1, 0.15) is 18.4 Å². The van der Waals surface area contributed by atoms with Gasteiger partial charge in [-0.2, -0.15) is 4.31 Å². The van der Waals surface area contributed by atoms with Crippen molar-refractivity contribution < 1.29 is 27.4 Å². The third-order valence-electron chi connectivity index (χ3n) is 4.82. The maximum atomic E-state index is 14.3. The Balaban J connectivity index is 1.57. The van der Waals surface area contributed by atoms with Crippen LogP contribution >= 0.6 is 0 Å². The molecule has 30 heavy (non-hydrogen) atoms. The number of hydrogen-bond acceptors (Lipinski definition) is 6. The number of sulfonamides is 1. The topological polar surface area (TPSA) is 100 Å². The van der Waals surface area contributed by atoms with E-state index in [1.807, 2.05) is 12.1 Å². The third kappa shape index (κ3) is 5.74. The monoisotopic (exact) mass is 437 g/mol. The molecule has 2 aromatic rings. The summed E-state index contributed by atoms with van der Waals surface area (Å²) in [6.45, 7) is 2.56. The average molecular weight is 437 g/mol. The molecule has 0 amide bonds. The van der Waals surface area contributed by atoms with Crippen LogP contribution in [0, 0.1) is 5.82 Å². The number of carboxylic acid groups (broad SMARTS) is 1. The van der Waals surface area contributed by atoms with Gasteiger partial charge in [0.05, 0.1) is 11.5 Å². The van der Waals surface area contributed by atoms with Crippen molar-refractivity contribution in [3.63, 3.8) is 0 Å². The molecule has 1 N–H and O–H groups in total. The zero-order valence-electron chi connectivity index (χ0n) is 16.4. The van der Waals surface area contributed by atoms with E-state index in [4.69, 9.17) is 9.84 Å². The second kappa shape index (κ2) is 9.96. The highest BCUT2D eigenvalue weighted by Gasteiger charge is 2.29. The smallest absolute Gasteiger partial charge is 0.303 e. The van der Waals surface area contributed by atoms with Gasteiger partial charge in [-0.15, -0.1) is 0 Å². The number of aromatic nitrogens is 1. The Kier molecular flexibility index (Phi) is 7.35. The Hall–Kier alpha value is -2.56. The van der Waals surface area contributed by atoms with Gasteiger partial charge in [-0.25, -0.2) is 12.8 Å². The van der Waals surface area contributed by atoms with Crippen LogP contribution in [-0.2, 0) is 21.4 Å². The number of pyridine rings is 1. The highest BCUT2D eigenvalue weighted by molar-refractivity contribution is 7.89. The second-order valence-corrected chi connectivity index (χ2v) is 8.91. The standard InChI is InChI=1S/C20H24FN3O5S/c21-18-14-17(3-4-19(18)29-13-1-2-20(25)26)30(27,28)24-11-9-23(10-12-24)15-16-5-7-22-8-6-16/h3-8,14H,1-2,9-13,15H2,(H,25,26). The van der Waals surface area contributed by atoms with Crippen LogP contribution < -0.4 is 4.74 Å². The first-order valence-electron chi connectivity index (χ1n) is 9.62. The molecular formula is C20H24FN3O5S. The molecule has 3 rings (SSSR count). The van der Waals surface area contributed by atoms with E-state index >= 15 is 0 Å². The van der Waals surface area contributed by atoms with Gasteiger partial charge in [0.1, 0.15) is 0 Å². The summed E-state index contributed by atoms with van der Waals surface area (Å²) in [7, 11) is -3.81. The number of nitrogens with zero attached hydrogens (tertiary/aromatic N) is 3. The number of carboxylic acids is 1.